The average Bonchev–Trinajstić information content (AvgIpc) is 3.11. The highest BCUT2D eigenvalue weighted by Crippen LogP contribution is 2.56. The van der Waals surface area contributed by atoms with E-state index in [0.29, 0.717) is 11.8 Å². The van der Waals surface area contributed by atoms with Crippen molar-refractivity contribution in [2.75, 3.05) is 0 Å². The van der Waals surface area contributed by atoms with Gasteiger partial charge < -0.3 is 0 Å². The van der Waals surface area contributed by atoms with E-state index in [9.17, 15) is 18.0 Å². The molecule has 4 heteroatoms. The molecule has 1 saturated carbocycles. The van der Waals surface area contributed by atoms with Gasteiger partial charge in [-0.05, 0) is 47.6 Å². The van der Waals surface area contributed by atoms with Gasteiger partial charge in [0.2, 0.25) is 0 Å². The van der Waals surface area contributed by atoms with Crippen LogP contribution in [-0.4, -0.2) is 5.78 Å². The lowest BCUT2D eigenvalue weighted by Crippen LogP contribution is -2.21. The Morgan fingerprint density at radius 2 is 1.57 bits per heavy atom. The van der Waals surface area contributed by atoms with Crippen LogP contribution in [0.25, 0.3) is 5.57 Å². The average molecular weight is 290 g/mol. The SMILES string of the molecule is O=C1C=C(c2ccc(C(F)(F)F)cc2)[C@@H]2[C@H]1[C@H]1C=C[C@@H]2C1. The zero-order chi connectivity index (χ0) is 14.8. The van der Waals surface area contributed by atoms with E-state index in [2.05, 4.69) is 12.2 Å². The summed E-state index contributed by atoms with van der Waals surface area (Å²) in [5.41, 5.74) is 1.00. The van der Waals surface area contributed by atoms with Crippen LogP contribution in [0, 0.1) is 23.7 Å². The van der Waals surface area contributed by atoms with Gasteiger partial charge in [0.05, 0.1) is 5.56 Å². The minimum Gasteiger partial charge on any atom is -0.294 e. The Morgan fingerprint density at radius 1 is 0.952 bits per heavy atom. The number of hydrogen-bond donors (Lipinski definition) is 0. The Labute approximate surface area is 120 Å². The molecule has 0 saturated heterocycles. The smallest absolute Gasteiger partial charge is 0.294 e. The number of halogens is 3. The van der Waals surface area contributed by atoms with E-state index < -0.39 is 11.7 Å². The minimum absolute atomic E-state index is 0.0114. The molecular weight excluding hydrogens is 277 g/mol. The van der Waals surface area contributed by atoms with Crippen LogP contribution >= 0.6 is 0 Å². The maximum atomic E-state index is 12.6. The molecule has 3 aliphatic rings. The molecule has 0 spiro atoms. The van der Waals surface area contributed by atoms with E-state index >= 15 is 0 Å². The molecule has 0 unspecified atom stereocenters. The lowest BCUT2D eigenvalue weighted by molar-refractivity contribution is -0.137. The molecule has 108 valence electrons. The summed E-state index contributed by atoms with van der Waals surface area (Å²) in [7, 11) is 0. The first-order valence-corrected chi connectivity index (χ1v) is 7.06. The number of hydrogen-bond acceptors (Lipinski definition) is 1. The largest absolute Gasteiger partial charge is 0.416 e. The Morgan fingerprint density at radius 3 is 2.19 bits per heavy atom. The maximum absolute atomic E-state index is 12.6. The lowest BCUT2D eigenvalue weighted by atomic mass is 9.80. The summed E-state index contributed by atoms with van der Waals surface area (Å²) in [5.74, 6) is 0.976. The maximum Gasteiger partial charge on any atom is 0.416 e. The molecule has 1 nitrogen and oxygen atoms in total. The van der Waals surface area contributed by atoms with Crippen LogP contribution in [0.15, 0.2) is 42.5 Å². The van der Waals surface area contributed by atoms with Gasteiger partial charge in [-0.1, -0.05) is 24.3 Å². The summed E-state index contributed by atoms with van der Waals surface area (Å²) >= 11 is 0. The second-order valence-electron chi connectivity index (χ2n) is 6.08. The van der Waals surface area contributed by atoms with Crippen molar-refractivity contribution in [3.05, 3.63) is 53.6 Å². The summed E-state index contributed by atoms with van der Waals surface area (Å²) < 4.78 is 37.9. The van der Waals surface area contributed by atoms with Crippen LogP contribution in [0.3, 0.4) is 0 Å². The number of carbonyl (C=O) groups is 1. The van der Waals surface area contributed by atoms with Gasteiger partial charge in [0, 0.05) is 11.8 Å². The van der Waals surface area contributed by atoms with Gasteiger partial charge in [0.1, 0.15) is 0 Å². The van der Waals surface area contributed by atoms with Crippen molar-refractivity contribution in [2.45, 2.75) is 12.6 Å². The van der Waals surface area contributed by atoms with Crippen LogP contribution in [0.1, 0.15) is 17.5 Å². The van der Waals surface area contributed by atoms with E-state index in [0.717, 1.165) is 29.7 Å². The Balaban J connectivity index is 1.69. The van der Waals surface area contributed by atoms with Crippen LogP contribution in [-0.2, 0) is 11.0 Å². The summed E-state index contributed by atoms with van der Waals surface area (Å²) in [6, 6.07) is 5.16. The van der Waals surface area contributed by atoms with E-state index in [1.807, 2.05) is 0 Å². The highest BCUT2D eigenvalue weighted by atomic mass is 19.4. The highest BCUT2D eigenvalue weighted by molar-refractivity contribution is 6.05. The van der Waals surface area contributed by atoms with Gasteiger partial charge in [-0.2, -0.15) is 13.2 Å². The van der Waals surface area contributed by atoms with Gasteiger partial charge in [-0.3, -0.25) is 4.79 Å². The topological polar surface area (TPSA) is 17.1 Å². The quantitative estimate of drug-likeness (QED) is 0.711. The summed E-state index contributed by atoms with van der Waals surface area (Å²) in [6.45, 7) is 0. The van der Waals surface area contributed by atoms with E-state index in [4.69, 9.17) is 0 Å². The van der Waals surface area contributed by atoms with Crippen molar-refractivity contribution in [3.63, 3.8) is 0 Å². The van der Waals surface area contributed by atoms with Crippen LogP contribution in [0.2, 0.25) is 0 Å². The number of carbonyl (C=O) groups excluding carboxylic acids is 1. The van der Waals surface area contributed by atoms with Gasteiger partial charge in [0.25, 0.3) is 0 Å². The zero-order valence-corrected chi connectivity index (χ0v) is 11.1. The second kappa shape index (κ2) is 4.09. The molecule has 4 rings (SSSR count). The van der Waals surface area contributed by atoms with Gasteiger partial charge in [-0.25, -0.2) is 0 Å². The predicted octanol–water partition coefficient (Wildman–Crippen LogP) is 4.11. The standard InChI is InChI=1S/C17H13F3O/c18-17(19,20)12-5-3-9(4-6-12)13-8-14(21)16-11-2-1-10(7-11)15(13)16/h1-6,8,10-11,15-16H,7H2/t10-,11+,15-,16+/m1/s1. The monoisotopic (exact) mass is 290 g/mol. The molecule has 1 aromatic carbocycles. The number of allylic oxidation sites excluding steroid dienone is 4. The summed E-state index contributed by atoms with van der Waals surface area (Å²) in [4.78, 5) is 12.2. The Hall–Kier alpha value is -1.84. The molecule has 1 aromatic rings. The normalized spacial score (nSPS) is 33.5. The zero-order valence-electron chi connectivity index (χ0n) is 11.1. The number of fused-ring (bicyclic) bond motifs is 5. The van der Waals surface area contributed by atoms with Crippen LogP contribution in [0.4, 0.5) is 13.2 Å². The first kappa shape index (κ1) is 12.9. The number of rotatable bonds is 1. The van der Waals surface area contributed by atoms with Crippen molar-refractivity contribution < 1.29 is 18.0 Å². The van der Waals surface area contributed by atoms with Crippen molar-refractivity contribution in [3.8, 4) is 0 Å². The molecule has 0 amide bonds. The van der Waals surface area contributed by atoms with E-state index in [-0.39, 0.29) is 17.6 Å². The van der Waals surface area contributed by atoms with Crippen LogP contribution < -0.4 is 0 Å². The summed E-state index contributed by atoms with van der Waals surface area (Å²) in [5, 5.41) is 0. The van der Waals surface area contributed by atoms with Crippen molar-refractivity contribution in [2.24, 2.45) is 23.7 Å². The molecule has 2 bridgehead atoms. The molecule has 0 heterocycles. The van der Waals surface area contributed by atoms with Gasteiger partial charge >= 0.3 is 6.18 Å². The molecule has 0 radical (unpaired) electrons. The fourth-order valence-electron chi connectivity index (χ4n) is 4.11. The third-order valence-corrected chi connectivity index (χ3v) is 4.99. The molecule has 0 aromatic heterocycles. The summed E-state index contributed by atoms with van der Waals surface area (Å²) in [6.07, 6.45) is 2.59. The Kier molecular flexibility index (Phi) is 2.51. The minimum atomic E-state index is -4.32. The first-order chi connectivity index (χ1) is 9.95. The predicted molar refractivity (Wildman–Crippen MR) is 72.1 cm³/mol. The van der Waals surface area contributed by atoms with E-state index in [1.165, 1.54) is 12.1 Å². The molecule has 0 N–H and O–H groups in total. The highest BCUT2D eigenvalue weighted by Gasteiger charge is 2.52. The number of benzene rings is 1. The molecule has 1 fully saturated rings. The van der Waals surface area contributed by atoms with Gasteiger partial charge in [-0.15, -0.1) is 0 Å². The first-order valence-electron chi connectivity index (χ1n) is 7.06. The number of alkyl halides is 3. The Bertz CT molecular complexity index is 666. The lowest BCUT2D eigenvalue weighted by Gasteiger charge is -2.23. The number of ketones is 1. The fraction of sp³-hybridized carbons (Fsp3) is 0.353. The molecule has 21 heavy (non-hydrogen) atoms. The van der Waals surface area contributed by atoms with Gasteiger partial charge in [0.15, 0.2) is 5.78 Å². The molecule has 4 atom stereocenters. The third-order valence-electron chi connectivity index (χ3n) is 4.99. The van der Waals surface area contributed by atoms with Crippen molar-refractivity contribution in [1.82, 2.24) is 0 Å². The van der Waals surface area contributed by atoms with Crippen LogP contribution in [0.5, 0.6) is 0 Å². The van der Waals surface area contributed by atoms with Crippen molar-refractivity contribution >= 4 is 11.4 Å². The fourth-order valence-corrected chi connectivity index (χ4v) is 4.11. The third kappa shape index (κ3) is 1.81. The molecule has 3 aliphatic carbocycles. The second-order valence-corrected chi connectivity index (χ2v) is 6.08. The molecular formula is C17H13F3O. The van der Waals surface area contributed by atoms with E-state index in [1.54, 1.807) is 6.08 Å². The molecule has 0 aliphatic heterocycles. The van der Waals surface area contributed by atoms with Crippen molar-refractivity contribution in [1.29, 1.82) is 0 Å².